The average Bonchev–Trinajstić information content (AvgIpc) is 2.66. The fourth-order valence-corrected chi connectivity index (χ4v) is 3.17. The third-order valence-electron chi connectivity index (χ3n) is 4.62. The second-order valence-electron chi connectivity index (χ2n) is 6.56. The average molecular weight is 388 g/mol. The molecule has 7 heteroatoms. The summed E-state index contributed by atoms with van der Waals surface area (Å²) in [6.45, 7) is 1.55. The number of carbonyl (C=O) groups excluding carboxylic acids is 2. The Kier molecular flexibility index (Phi) is 5.53. The smallest absolute Gasteiger partial charge is 0.352 e. The third kappa shape index (κ3) is 4.42. The van der Waals surface area contributed by atoms with E-state index in [-0.39, 0.29) is 24.8 Å². The molecule has 28 heavy (non-hydrogen) atoms. The molecule has 0 saturated heterocycles. The van der Waals surface area contributed by atoms with Gasteiger partial charge in [-0.25, -0.2) is 0 Å². The molecule has 0 spiro atoms. The Bertz CT molecular complexity index is 905. The first kappa shape index (κ1) is 19.7. The Morgan fingerprint density at radius 3 is 2.39 bits per heavy atom. The number of benzene rings is 2. The quantitative estimate of drug-likeness (QED) is 0.850. The number of nitrogens with one attached hydrogen (secondary N) is 1. The Morgan fingerprint density at radius 2 is 1.75 bits per heavy atom. The summed E-state index contributed by atoms with van der Waals surface area (Å²) in [6, 6.07) is 11.7. The van der Waals surface area contributed by atoms with Crippen LogP contribution >= 0.6 is 0 Å². The molecule has 3 rings (SSSR count). The van der Waals surface area contributed by atoms with Crippen LogP contribution in [-0.4, -0.2) is 16.7 Å². The first-order valence-corrected chi connectivity index (χ1v) is 8.74. The van der Waals surface area contributed by atoms with Gasteiger partial charge in [-0.05, 0) is 34.9 Å². The molecule has 0 radical (unpaired) electrons. The van der Waals surface area contributed by atoms with Crippen molar-refractivity contribution in [3.8, 4) is 0 Å². The van der Waals surface area contributed by atoms with Crippen LogP contribution in [0.4, 0.5) is 13.2 Å². The lowest BCUT2D eigenvalue weighted by Crippen LogP contribution is -2.35. The van der Waals surface area contributed by atoms with Gasteiger partial charge in [0.1, 0.15) is 0 Å². The number of halogens is 3. The number of hydrogen-bond acceptors (Lipinski definition) is 2. The monoisotopic (exact) mass is 388 g/mol. The number of carbonyl (C=O) groups is 2. The molecule has 0 fully saturated rings. The number of fused-ring (bicyclic) bond motifs is 1. The maximum atomic E-state index is 12.6. The van der Waals surface area contributed by atoms with Crippen LogP contribution in [0.5, 0.6) is 0 Å². The molecule has 1 aliphatic rings. The normalized spacial score (nSPS) is 15.9. The van der Waals surface area contributed by atoms with Crippen molar-refractivity contribution in [1.82, 2.24) is 10.2 Å². The summed E-state index contributed by atoms with van der Waals surface area (Å²) in [5, 5.41) is 2.71. The molecule has 146 valence electrons. The minimum absolute atomic E-state index is 0.0571. The van der Waals surface area contributed by atoms with Gasteiger partial charge >= 0.3 is 6.18 Å². The fraction of sp³-hybridized carbons (Fsp3) is 0.238. The zero-order valence-corrected chi connectivity index (χ0v) is 15.2. The van der Waals surface area contributed by atoms with Crippen molar-refractivity contribution in [1.29, 1.82) is 0 Å². The van der Waals surface area contributed by atoms with Crippen LogP contribution in [0.1, 0.15) is 41.6 Å². The van der Waals surface area contributed by atoms with Crippen LogP contribution in [0.2, 0.25) is 0 Å². The van der Waals surface area contributed by atoms with Crippen molar-refractivity contribution in [2.24, 2.45) is 0 Å². The van der Waals surface area contributed by atoms with Crippen LogP contribution in [0.25, 0.3) is 6.08 Å². The van der Waals surface area contributed by atoms with E-state index < -0.39 is 17.8 Å². The predicted molar refractivity (Wildman–Crippen MR) is 98.6 cm³/mol. The lowest BCUT2D eigenvalue weighted by atomic mass is 9.93. The topological polar surface area (TPSA) is 49.4 Å². The first-order chi connectivity index (χ1) is 13.3. The van der Waals surface area contributed by atoms with Gasteiger partial charge in [-0.3, -0.25) is 9.59 Å². The van der Waals surface area contributed by atoms with Crippen molar-refractivity contribution in [2.45, 2.75) is 32.1 Å². The SMILES string of the molecule is CC(=O)N1C=Cc2ccccc2[C@H]1CC(=O)NCc1ccc(C(F)(F)F)cc1. The molecule has 2 aromatic carbocycles. The molecule has 1 heterocycles. The molecule has 4 nitrogen and oxygen atoms in total. The highest BCUT2D eigenvalue weighted by Gasteiger charge is 2.30. The van der Waals surface area contributed by atoms with Crippen molar-refractivity contribution in [3.05, 3.63) is 77.0 Å². The zero-order chi connectivity index (χ0) is 20.3. The van der Waals surface area contributed by atoms with Gasteiger partial charge in [0.25, 0.3) is 0 Å². The largest absolute Gasteiger partial charge is 0.416 e. The van der Waals surface area contributed by atoms with Gasteiger partial charge in [0.15, 0.2) is 0 Å². The Labute approximate surface area is 160 Å². The maximum Gasteiger partial charge on any atom is 0.416 e. The van der Waals surface area contributed by atoms with Gasteiger partial charge in [-0.15, -0.1) is 0 Å². The van der Waals surface area contributed by atoms with E-state index in [1.807, 2.05) is 30.3 Å². The molecule has 1 N–H and O–H groups in total. The molecule has 0 aliphatic carbocycles. The van der Waals surface area contributed by atoms with Gasteiger partial charge in [-0.1, -0.05) is 36.4 Å². The first-order valence-electron chi connectivity index (χ1n) is 8.74. The van der Waals surface area contributed by atoms with Crippen molar-refractivity contribution >= 4 is 17.9 Å². The Morgan fingerprint density at radius 1 is 1.07 bits per heavy atom. The predicted octanol–water partition coefficient (Wildman–Crippen LogP) is 4.29. The molecule has 0 saturated carbocycles. The van der Waals surface area contributed by atoms with E-state index in [4.69, 9.17) is 0 Å². The Balaban J connectivity index is 1.66. The number of hydrogen-bond donors (Lipinski definition) is 1. The lowest BCUT2D eigenvalue weighted by Gasteiger charge is -2.32. The van der Waals surface area contributed by atoms with E-state index >= 15 is 0 Å². The minimum Gasteiger partial charge on any atom is -0.352 e. The lowest BCUT2D eigenvalue weighted by molar-refractivity contribution is -0.137. The summed E-state index contributed by atoms with van der Waals surface area (Å²) >= 11 is 0. The second-order valence-corrected chi connectivity index (χ2v) is 6.56. The van der Waals surface area contributed by atoms with Gasteiger partial charge < -0.3 is 10.2 Å². The van der Waals surface area contributed by atoms with Crippen LogP contribution in [0.15, 0.2) is 54.7 Å². The van der Waals surface area contributed by atoms with Gasteiger partial charge in [0, 0.05) is 19.7 Å². The summed E-state index contributed by atoms with van der Waals surface area (Å²) in [5.41, 5.74) is 1.66. The molecule has 2 amide bonds. The molecule has 1 atom stereocenters. The van der Waals surface area contributed by atoms with Crippen molar-refractivity contribution in [2.75, 3.05) is 0 Å². The van der Waals surface area contributed by atoms with Crippen LogP contribution in [0.3, 0.4) is 0 Å². The van der Waals surface area contributed by atoms with Crippen molar-refractivity contribution < 1.29 is 22.8 Å². The molecule has 0 bridgehead atoms. The zero-order valence-electron chi connectivity index (χ0n) is 15.2. The maximum absolute atomic E-state index is 12.6. The second kappa shape index (κ2) is 7.88. The van der Waals surface area contributed by atoms with E-state index in [2.05, 4.69) is 5.32 Å². The number of alkyl halides is 3. The standard InChI is InChI=1S/C21H19F3N2O2/c1-14(27)26-11-10-16-4-2-3-5-18(16)19(26)12-20(28)25-13-15-6-8-17(9-7-15)21(22,23)24/h2-11,19H,12-13H2,1H3,(H,25,28)/t19-/m1/s1. The summed E-state index contributed by atoms with van der Waals surface area (Å²) in [4.78, 5) is 25.9. The molecular weight excluding hydrogens is 369 g/mol. The van der Waals surface area contributed by atoms with Gasteiger partial charge in [-0.2, -0.15) is 13.2 Å². The van der Waals surface area contributed by atoms with E-state index in [1.54, 1.807) is 6.20 Å². The number of nitrogens with zero attached hydrogens (tertiary/aromatic N) is 1. The summed E-state index contributed by atoms with van der Waals surface area (Å²) in [6.07, 6.45) is -0.840. The van der Waals surface area contributed by atoms with E-state index in [9.17, 15) is 22.8 Å². The highest BCUT2D eigenvalue weighted by molar-refractivity contribution is 5.81. The third-order valence-corrected chi connectivity index (χ3v) is 4.62. The molecule has 0 aromatic heterocycles. The van der Waals surface area contributed by atoms with E-state index in [0.29, 0.717) is 5.56 Å². The van der Waals surface area contributed by atoms with Crippen LogP contribution < -0.4 is 5.32 Å². The van der Waals surface area contributed by atoms with E-state index in [0.717, 1.165) is 23.3 Å². The van der Waals surface area contributed by atoms with Gasteiger partial charge in [0.05, 0.1) is 18.0 Å². The highest BCUT2D eigenvalue weighted by atomic mass is 19.4. The molecular formula is C21H19F3N2O2. The number of amides is 2. The molecule has 2 aromatic rings. The summed E-state index contributed by atoms with van der Waals surface area (Å²) in [5.74, 6) is -0.465. The fourth-order valence-electron chi connectivity index (χ4n) is 3.17. The van der Waals surface area contributed by atoms with Gasteiger partial charge in [0.2, 0.25) is 11.8 Å². The van der Waals surface area contributed by atoms with Crippen LogP contribution in [-0.2, 0) is 22.3 Å². The van der Waals surface area contributed by atoms with Crippen LogP contribution in [0, 0.1) is 0 Å². The highest BCUT2D eigenvalue weighted by Crippen LogP contribution is 2.33. The summed E-state index contributed by atoms with van der Waals surface area (Å²) in [7, 11) is 0. The number of rotatable bonds is 4. The van der Waals surface area contributed by atoms with Crippen molar-refractivity contribution in [3.63, 3.8) is 0 Å². The molecule has 1 aliphatic heterocycles. The molecule has 0 unspecified atom stereocenters. The minimum atomic E-state index is -4.39. The van der Waals surface area contributed by atoms with E-state index in [1.165, 1.54) is 24.0 Å². The summed E-state index contributed by atoms with van der Waals surface area (Å²) < 4.78 is 37.8. The Hall–Kier alpha value is -3.09.